The Hall–Kier alpha value is -6.57. The molecule has 0 unspecified atom stereocenters. The normalized spacial score (nSPS) is 12.9. The van der Waals surface area contributed by atoms with E-state index in [-0.39, 0.29) is 5.78 Å². The first-order chi connectivity index (χ1) is 25.7. The molecule has 1 heteroatoms. The van der Waals surface area contributed by atoms with Gasteiger partial charge in [-0.05, 0) is 135 Å². The summed E-state index contributed by atoms with van der Waals surface area (Å²) in [5.41, 5.74) is 8.31. The monoisotopic (exact) mass is 660 g/mol. The minimum absolute atomic E-state index is 0.109. The largest absolute Gasteiger partial charge is 0.289 e. The van der Waals surface area contributed by atoms with E-state index in [1.807, 2.05) is 0 Å². The van der Waals surface area contributed by atoms with Crippen LogP contribution in [0, 0.1) is 0 Å². The van der Waals surface area contributed by atoms with Crippen molar-refractivity contribution in [1.82, 2.24) is 0 Å². The van der Waals surface area contributed by atoms with Crippen molar-refractivity contribution in [3.05, 3.63) is 192 Å². The minimum Gasteiger partial charge on any atom is -0.289 e. The van der Waals surface area contributed by atoms with Gasteiger partial charge in [0, 0.05) is 11.1 Å². The fourth-order valence-corrected chi connectivity index (χ4v) is 8.96. The van der Waals surface area contributed by atoms with E-state index in [0.29, 0.717) is 0 Å². The zero-order chi connectivity index (χ0) is 34.3. The second kappa shape index (κ2) is 11.2. The van der Waals surface area contributed by atoms with E-state index in [9.17, 15) is 4.79 Å². The number of carbonyl (C=O) groups is 1. The number of benzene rings is 10. The maximum absolute atomic E-state index is 14.8. The van der Waals surface area contributed by atoms with Crippen LogP contribution in [0.1, 0.15) is 27.0 Å². The van der Waals surface area contributed by atoms with Gasteiger partial charge in [0.25, 0.3) is 0 Å². The molecule has 11 rings (SSSR count). The quantitative estimate of drug-likeness (QED) is 0.169. The topological polar surface area (TPSA) is 17.1 Å². The average Bonchev–Trinajstić information content (AvgIpc) is 3.35. The Balaban J connectivity index is 1.09. The molecule has 0 saturated carbocycles. The third-order valence-electron chi connectivity index (χ3n) is 11.5. The van der Waals surface area contributed by atoms with Crippen LogP contribution in [0.15, 0.2) is 170 Å². The third kappa shape index (κ3) is 4.33. The molecule has 0 heterocycles. The number of aryl methyl sites for hydroxylation is 2. The summed E-state index contributed by atoms with van der Waals surface area (Å²) in [6.45, 7) is 0. The lowest BCUT2D eigenvalue weighted by Crippen LogP contribution is -2.05. The molecule has 0 aromatic heterocycles. The predicted octanol–water partition coefficient (Wildman–Crippen LogP) is 13.3. The number of rotatable bonds is 2. The van der Waals surface area contributed by atoms with Crippen LogP contribution in [-0.4, -0.2) is 5.78 Å². The van der Waals surface area contributed by atoms with E-state index in [2.05, 4.69) is 170 Å². The van der Waals surface area contributed by atoms with Crippen molar-refractivity contribution >= 4 is 70.4 Å². The van der Waals surface area contributed by atoms with E-state index in [4.69, 9.17) is 0 Å². The van der Waals surface area contributed by atoms with Gasteiger partial charge in [-0.3, -0.25) is 4.79 Å². The van der Waals surface area contributed by atoms with Gasteiger partial charge in [-0.1, -0.05) is 146 Å². The highest BCUT2D eigenvalue weighted by molar-refractivity contribution is 6.23. The Morgan fingerprint density at radius 3 is 1.13 bits per heavy atom. The van der Waals surface area contributed by atoms with Crippen LogP contribution < -0.4 is 0 Å². The molecule has 0 aliphatic heterocycles. The maximum atomic E-state index is 14.8. The lowest BCUT2D eigenvalue weighted by molar-refractivity contribution is 0.103. The van der Waals surface area contributed by atoms with Crippen LogP contribution in [0.2, 0.25) is 0 Å². The Bertz CT molecular complexity index is 2930. The van der Waals surface area contributed by atoms with Crippen molar-refractivity contribution in [2.45, 2.75) is 12.8 Å². The standard InChI is InChI=1S/C51H32O/c52-51-47-27-35(45-29-49-37-11-3-1-9-31(37)23-25-43(49)39-13-5-7-15-41(39)45)21-19-33(47)17-18-34-20-22-36(28-48(34)51)46-30-50-38-12-4-2-10-32(38)24-26-44(50)40-14-6-8-16-42(40)46/h1-16,19-30H,17-18H2. The summed E-state index contributed by atoms with van der Waals surface area (Å²) in [5.74, 6) is 0.109. The van der Waals surface area contributed by atoms with E-state index in [0.717, 1.165) is 57.3 Å². The minimum atomic E-state index is 0.109. The van der Waals surface area contributed by atoms with Crippen molar-refractivity contribution in [2.24, 2.45) is 0 Å². The third-order valence-corrected chi connectivity index (χ3v) is 11.5. The van der Waals surface area contributed by atoms with Gasteiger partial charge in [-0.2, -0.15) is 0 Å². The predicted molar refractivity (Wildman–Crippen MR) is 220 cm³/mol. The number of hydrogen-bond acceptors (Lipinski definition) is 1. The van der Waals surface area contributed by atoms with Crippen LogP contribution in [0.5, 0.6) is 0 Å². The summed E-state index contributed by atoms with van der Waals surface area (Å²) >= 11 is 0. The summed E-state index contributed by atoms with van der Waals surface area (Å²) in [6.07, 6.45) is 1.67. The SMILES string of the molecule is O=C1c2cc(-c3cc4c5ccccc5ccc4c4ccccc34)ccc2CCc2ccc(-c3cc4c5ccccc5ccc4c4ccccc34)cc21. The van der Waals surface area contributed by atoms with Crippen LogP contribution >= 0.6 is 0 Å². The molecule has 1 nitrogen and oxygen atoms in total. The smallest absolute Gasteiger partial charge is 0.193 e. The van der Waals surface area contributed by atoms with Gasteiger partial charge >= 0.3 is 0 Å². The molecule has 1 aliphatic rings. The Morgan fingerprint density at radius 1 is 0.288 bits per heavy atom. The van der Waals surface area contributed by atoms with E-state index in [1.165, 1.54) is 64.6 Å². The molecule has 0 saturated heterocycles. The fraction of sp³-hybridized carbons (Fsp3) is 0.0392. The van der Waals surface area contributed by atoms with E-state index >= 15 is 0 Å². The lowest BCUT2D eigenvalue weighted by Gasteiger charge is -2.15. The van der Waals surface area contributed by atoms with Gasteiger partial charge in [0.2, 0.25) is 0 Å². The van der Waals surface area contributed by atoms with Crippen molar-refractivity contribution < 1.29 is 4.79 Å². The van der Waals surface area contributed by atoms with E-state index < -0.39 is 0 Å². The molecule has 0 fully saturated rings. The van der Waals surface area contributed by atoms with Crippen molar-refractivity contribution in [1.29, 1.82) is 0 Å². The number of fused-ring (bicyclic) bond motifs is 12. The van der Waals surface area contributed by atoms with Gasteiger partial charge in [-0.25, -0.2) is 0 Å². The first-order valence-electron chi connectivity index (χ1n) is 18.2. The van der Waals surface area contributed by atoms with Crippen LogP contribution in [0.25, 0.3) is 86.9 Å². The lowest BCUT2D eigenvalue weighted by atomic mass is 9.88. The van der Waals surface area contributed by atoms with Crippen molar-refractivity contribution in [2.75, 3.05) is 0 Å². The van der Waals surface area contributed by atoms with Crippen molar-refractivity contribution in [3.8, 4) is 22.3 Å². The Labute approximate surface area is 301 Å². The molecule has 0 bridgehead atoms. The molecular formula is C51H32O. The van der Waals surface area contributed by atoms with Crippen LogP contribution in [0.4, 0.5) is 0 Å². The average molecular weight is 661 g/mol. The maximum Gasteiger partial charge on any atom is 0.193 e. The van der Waals surface area contributed by atoms with Crippen molar-refractivity contribution in [3.63, 3.8) is 0 Å². The molecule has 242 valence electrons. The summed E-state index contributed by atoms with van der Waals surface area (Å²) < 4.78 is 0. The highest BCUT2D eigenvalue weighted by Gasteiger charge is 2.24. The Morgan fingerprint density at radius 2 is 0.673 bits per heavy atom. The summed E-state index contributed by atoms with van der Waals surface area (Å²) in [5, 5.41) is 14.8. The summed E-state index contributed by atoms with van der Waals surface area (Å²) in [7, 11) is 0. The number of hydrogen-bond donors (Lipinski definition) is 0. The molecule has 10 aromatic rings. The number of carbonyl (C=O) groups excluding carboxylic acids is 1. The zero-order valence-electron chi connectivity index (χ0n) is 28.5. The first-order valence-corrected chi connectivity index (χ1v) is 18.2. The molecular weight excluding hydrogens is 629 g/mol. The van der Waals surface area contributed by atoms with Gasteiger partial charge < -0.3 is 0 Å². The zero-order valence-corrected chi connectivity index (χ0v) is 28.5. The van der Waals surface area contributed by atoms with Gasteiger partial charge in [0.15, 0.2) is 5.78 Å². The van der Waals surface area contributed by atoms with Gasteiger partial charge in [0.1, 0.15) is 0 Å². The second-order valence-corrected chi connectivity index (χ2v) is 14.3. The van der Waals surface area contributed by atoms with E-state index in [1.54, 1.807) is 0 Å². The Kier molecular flexibility index (Phi) is 6.30. The molecule has 0 amide bonds. The highest BCUT2D eigenvalue weighted by Crippen LogP contribution is 2.41. The molecule has 0 radical (unpaired) electrons. The summed E-state index contributed by atoms with van der Waals surface area (Å²) in [6, 6.07) is 61.3. The highest BCUT2D eigenvalue weighted by atomic mass is 16.1. The van der Waals surface area contributed by atoms with Gasteiger partial charge in [0.05, 0.1) is 0 Å². The molecule has 0 N–H and O–H groups in total. The molecule has 1 aliphatic carbocycles. The molecule has 0 atom stereocenters. The molecule has 52 heavy (non-hydrogen) atoms. The molecule has 0 spiro atoms. The summed E-state index contributed by atoms with van der Waals surface area (Å²) in [4.78, 5) is 14.8. The van der Waals surface area contributed by atoms with Crippen LogP contribution in [0.3, 0.4) is 0 Å². The second-order valence-electron chi connectivity index (χ2n) is 14.3. The first kappa shape index (κ1) is 29.2. The van der Waals surface area contributed by atoms with Gasteiger partial charge in [-0.15, -0.1) is 0 Å². The molecule has 10 aromatic carbocycles. The fourth-order valence-electron chi connectivity index (χ4n) is 8.96. The number of ketones is 1. The van der Waals surface area contributed by atoms with Crippen LogP contribution in [-0.2, 0) is 12.8 Å².